The fraction of sp³-hybridized carbons (Fsp3) is 0.188. The summed E-state index contributed by atoms with van der Waals surface area (Å²) in [5.74, 6) is 0.954. The van der Waals surface area contributed by atoms with E-state index >= 15 is 0 Å². The number of rotatable bonds is 3. The van der Waals surface area contributed by atoms with Gasteiger partial charge in [0.1, 0.15) is 21.9 Å². The monoisotopic (exact) mass is 300 g/mol. The van der Waals surface area contributed by atoms with Crippen LogP contribution in [0.5, 0.6) is 11.5 Å². The Morgan fingerprint density at radius 3 is 2.67 bits per heavy atom. The van der Waals surface area contributed by atoms with Crippen molar-refractivity contribution >= 4 is 16.8 Å². The number of aryl methyl sites for hydroxylation is 1. The summed E-state index contributed by atoms with van der Waals surface area (Å²) < 4.78 is 5.21. The number of phenols is 1. The second kappa shape index (κ2) is 5.69. The van der Waals surface area contributed by atoms with Gasteiger partial charge in [0.15, 0.2) is 0 Å². The van der Waals surface area contributed by atoms with Gasteiger partial charge in [-0.3, -0.25) is 5.43 Å². The molecule has 0 saturated carbocycles. The van der Waals surface area contributed by atoms with Crippen LogP contribution in [-0.2, 0) is 0 Å². The Bertz CT molecular complexity index is 683. The zero-order valence-corrected chi connectivity index (χ0v) is 12.6. The van der Waals surface area contributed by atoms with Crippen molar-refractivity contribution in [3.05, 3.63) is 59.2 Å². The van der Waals surface area contributed by atoms with Crippen molar-refractivity contribution in [2.45, 2.75) is 12.3 Å². The van der Waals surface area contributed by atoms with Crippen molar-refractivity contribution in [1.82, 2.24) is 5.43 Å². The third-order valence-electron chi connectivity index (χ3n) is 3.33. The van der Waals surface area contributed by atoms with Crippen LogP contribution in [0.3, 0.4) is 0 Å². The van der Waals surface area contributed by atoms with Crippen LogP contribution < -0.4 is 10.2 Å². The molecule has 1 atom stereocenters. The number of hydrogen-bond donors (Lipinski definition) is 2. The molecule has 2 aromatic carbocycles. The number of hydrazone groups is 1. The molecule has 0 unspecified atom stereocenters. The first-order chi connectivity index (χ1) is 10.2. The van der Waals surface area contributed by atoms with Gasteiger partial charge in [0.2, 0.25) is 0 Å². The molecular weight excluding hydrogens is 284 g/mol. The first-order valence-electron chi connectivity index (χ1n) is 6.61. The number of aromatic hydroxyl groups is 1. The average molecular weight is 300 g/mol. The summed E-state index contributed by atoms with van der Waals surface area (Å²) >= 11 is 1.58. The van der Waals surface area contributed by atoms with Gasteiger partial charge in [-0.2, -0.15) is 5.10 Å². The van der Waals surface area contributed by atoms with Crippen LogP contribution in [-0.4, -0.2) is 17.3 Å². The zero-order valence-electron chi connectivity index (χ0n) is 11.8. The van der Waals surface area contributed by atoms with Crippen LogP contribution in [0.2, 0.25) is 0 Å². The summed E-state index contributed by atoms with van der Waals surface area (Å²) in [6, 6.07) is 13.4. The predicted molar refractivity (Wildman–Crippen MR) is 85.8 cm³/mol. The Morgan fingerprint density at radius 1 is 1.19 bits per heavy atom. The number of benzene rings is 2. The lowest BCUT2D eigenvalue weighted by molar-refractivity contribution is 0.410. The summed E-state index contributed by atoms with van der Waals surface area (Å²) in [7, 11) is 1.61. The molecule has 0 fully saturated rings. The molecule has 5 heteroatoms. The minimum atomic E-state index is -0.114. The molecule has 1 heterocycles. The average Bonchev–Trinajstić information content (AvgIpc) is 2.98. The topological polar surface area (TPSA) is 53.9 Å². The first-order valence-corrected chi connectivity index (χ1v) is 7.49. The molecule has 1 aliphatic rings. The zero-order chi connectivity index (χ0) is 14.8. The van der Waals surface area contributed by atoms with Gasteiger partial charge in [-0.1, -0.05) is 41.6 Å². The lowest BCUT2D eigenvalue weighted by Gasteiger charge is -2.12. The van der Waals surface area contributed by atoms with Crippen LogP contribution in [0.1, 0.15) is 22.1 Å². The van der Waals surface area contributed by atoms with Crippen molar-refractivity contribution in [1.29, 1.82) is 0 Å². The number of ether oxygens (including phenoxy) is 1. The third kappa shape index (κ3) is 2.83. The molecule has 0 saturated heterocycles. The van der Waals surface area contributed by atoms with Crippen molar-refractivity contribution in [2.75, 3.05) is 7.11 Å². The predicted octanol–water partition coefficient (Wildman–Crippen LogP) is 3.41. The number of phenolic OH excluding ortho intramolecular Hbond substituents is 1. The lowest BCUT2D eigenvalue weighted by Crippen LogP contribution is -2.07. The Balaban J connectivity index is 1.81. The maximum absolute atomic E-state index is 10.0. The lowest BCUT2D eigenvalue weighted by atomic mass is 10.2. The molecule has 2 aromatic rings. The maximum Gasteiger partial charge on any atom is 0.126 e. The molecule has 108 valence electrons. The summed E-state index contributed by atoms with van der Waals surface area (Å²) in [4.78, 5) is 0. The van der Waals surface area contributed by atoms with E-state index in [1.54, 1.807) is 31.0 Å². The number of hydrogen-bond acceptors (Lipinski definition) is 5. The van der Waals surface area contributed by atoms with Crippen molar-refractivity contribution in [3.63, 3.8) is 0 Å². The van der Waals surface area contributed by atoms with Gasteiger partial charge >= 0.3 is 0 Å². The van der Waals surface area contributed by atoms with E-state index in [2.05, 4.69) is 41.7 Å². The molecule has 3 rings (SSSR count). The standard InChI is InChI=1S/C16H16N2O2S/c1-10-3-5-11(6-4-10)15-17-18-16(21-15)13-9-12(20-2)7-8-14(13)19/h3-9,16,18-19H,1-2H3/t16-/m1/s1. The van der Waals surface area contributed by atoms with Gasteiger partial charge in [0, 0.05) is 11.1 Å². The van der Waals surface area contributed by atoms with E-state index in [9.17, 15) is 5.11 Å². The van der Waals surface area contributed by atoms with Crippen molar-refractivity contribution in [3.8, 4) is 11.5 Å². The number of nitrogens with one attached hydrogen (secondary N) is 1. The minimum absolute atomic E-state index is 0.114. The van der Waals surface area contributed by atoms with Crippen LogP contribution >= 0.6 is 11.8 Å². The molecule has 0 bridgehead atoms. The summed E-state index contributed by atoms with van der Waals surface area (Å²) in [6.45, 7) is 2.06. The molecule has 21 heavy (non-hydrogen) atoms. The first kappa shape index (κ1) is 13.8. The Kier molecular flexibility index (Phi) is 3.75. The van der Waals surface area contributed by atoms with Crippen LogP contribution in [0, 0.1) is 6.92 Å². The Morgan fingerprint density at radius 2 is 1.95 bits per heavy atom. The Labute approximate surface area is 127 Å². The molecule has 0 amide bonds. The molecule has 0 radical (unpaired) electrons. The van der Waals surface area contributed by atoms with Gasteiger partial charge in [-0.25, -0.2) is 0 Å². The van der Waals surface area contributed by atoms with Gasteiger partial charge < -0.3 is 9.84 Å². The summed E-state index contributed by atoms with van der Waals surface area (Å²) in [5.41, 5.74) is 6.12. The highest BCUT2D eigenvalue weighted by atomic mass is 32.2. The molecule has 0 aliphatic carbocycles. The van der Waals surface area contributed by atoms with Crippen molar-refractivity contribution < 1.29 is 9.84 Å². The highest BCUT2D eigenvalue weighted by Gasteiger charge is 2.24. The van der Waals surface area contributed by atoms with E-state index in [4.69, 9.17) is 4.74 Å². The SMILES string of the molecule is COc1ccc(O)c([C@@H]2NN=C(c3ccc(C)cc3)S2)c1. The normalized spacial score (nSPS) is 17.2. The minimum Gasteiger partial charge on any atom is -0.508 e. The molecule has 0 spiro atoms. The highest BCUT2D eigenvalue weighted by molar-refractivity contribution is 8.14. The van der Waals surface area contributed by atoms with Crippen LogP contribution in [0.15, 0.2) is 47.6 Å². The van der Waals surface area contributed by atoms with E-state index in [1.807, 2.05) is 6.07 Å². The molecule has 0 aromatic heterocycles. The van der Waals surface area contributed by atoms with Gasteiger partial charge in [0.05, 0.1) is 7.11 Å². The van der Waals surface area contributed by atoms with E-state index in [0.717, 1.165) is 16.2 Å². The quantitative estimate of drug-likeness (QED) is 0.912. The largest absolute Gasteiger partial charge is 0.508 e. The van der Waals surface area contributed by atoms with Gasteiger partial charge in [0.25, 0.3) is 0 Å². The Hall–Kier alpha value is -2.14. The van der Waals surface area contributed by atoms with Crippen molar-refractivity contribution in [2.24, 2.45) is 5.10 Å². The fourth-order valence-corrected chi connectivity index (χ4v) is 3.13. The van der Waals surface area contributed by atoms with E-state index in [0.29, 0.717) is 5.75 Å². The number of nitrogens with zero attached hydrogens (tertiary/aromatic N) is 1. The summed E-state index contributed by atoms with van der Waals surface area (Å²) in [5, 5.41) is 15.2. The maximum atomic E-state index is 10.0. The molecule has 2 N–H and O–H groups in total. The van der Waals surface area contributed by atoms with E-state index in [1.165, 1.54) is 5.56 Å². The molecule has 1 aliphatic heterocycles. The van der Waals surface area contributed by atoms with Crippen LogP contribution in [0.25, 0.3) is 0 Å². The summed E-state index contributed by atoms with van der Waals surface area (Å²) in [6.07, 6.45) is 0. The van der Waals surface area contributed by atoms with Gasteiger partial charge in [-0.05, 0) is 25.1 Å². The third-order valence-corrected chi connectivity index (χ3v) is 4.47. The highest BCUT2D eigenvalue weighted by Crippen LogP contribution is 2.39. The second-order valence-electron chi connectivity index (χ2n) is 4.83. The number of thioether (sulfide) groups is 1. The number of methoxy groups -OCH3 is 1. The fourth-order valence-electron chi connectivity index (χ4n) is 2.11. The molecule has 4 nitrogen and oxygen atoms in total. The van der Waals surface area contributed by atoms with Gasteiger partial charge in [-0.15, -0.1) is 0 Å². The van der Waals surface area contributed by atoms with E-state index < -0.39 is 0 Å². The smallest absolute Gasteiger partial charge is 0.126 e. The molecular formula is C16H16N2O2S. The van der Waals surface area contributed by atoms with E-state index in [-0.39, 0.29) is 11.1 Å². The van der Waals surface area contributed by atoms with Crippen LogP contribution in [0.4, 0.5) is 0 Å². The second-order valence-corrected chi connectivity index (χ2v) is 5.93.